The highest BCUT2D eigenvalue weighted by atomic mass is 32.1. The Morgan fingerprint density at radius 1 is 0.955 bits per heavy atom. The second kappa shape index (κ2) is 11.9. The van der Waals surface area contributed by atoms with Gasteiger partial charge in [0.15, 0.2) is 11.7 Å². The molecule has 0 atom stereocenters. The molecular formula is C33H38N6O4S. The summed E-state index contributed by atoms with van der Waals surface area (Å²) in [7, 11) is 2.03. The van der Waals surface area contributed by atoms with E-state index in [0.29, 0.717) is 40.9 Å². The molecule has 3 heterocycles. The number of carbonyl (C=O) groups is 3. The Morgan fingerprint density at radius 2 is 1.66 bits per heavy atom. The number of likely N-dealkylation sites (N-methyl/N-ethyl adjacent to an activating group) is 1. The van der Waals surface area contributed by atoms with Gasteiger partial charge < -0.3 is 19.9 Å². The number of nitrogens with zero attached hydrogens (tertiary/aromatic N) is 4. The van der Waals surface area contributed by atoms with Crippen LogP contribution in [-0.4, -0.2) is 82.9 Å². The lowest BCUT2D eigenvalue weighted by atomic mass is 9.53. The summed E-state index contributed by atoms with van der Waals surface area (Å²) in [5.41, 5.74) is 1.88. The van der Waals surface area contributed by atoms with Crippen molar-refractivity contribution in [2.75, 3.05) is 45.2 Å². The third-order valence-electron chi connectivity index (χ3n) is 9.67. The number of rotatable bonds is 8. The summed E-state index contributed by atoms with van der Waals surface area (Å²) in [5, 5.41) is 8.45. The first kappa shape index (κ1) is 28.9. The summed E-state index contributed by atoms with van der Waals surface area (Å²) in [5.74, 6) is 1.74. The molecule has 3 aromatic rings. The number of benzene rings is 1. The lowest BCUT2D eigenvalue weighted by Gasteiger charge is -2.56. The zero-order valence-electron chi connectivity index (χ0n) is 25.0. The van der Waals surface area contributed by atoms with Gasteiger partial charge in [-0.25, -0.2) is 4.98 Å². The van der Waals surface area contributed by atoms with Gasteiger partial charge >= 0.3 is 0 Å². The molecule has 230 valence electrons. The highest BCUT2D eigenvalue weighted by Crippen LogP contribution is 2.55. The van der Waals surface area contributed by atoms with Crippen LogP contribution in [0.15, 0.2) is 48.0 Å². The fraction of sp³-hybridized carbons (Fsp3) is 0.485. The van der Waals surface area contributed by atoms with E-state index in [9.17, 15) is 14.4 Å². The summed E-state index contributed by atoms with van der Waals surface area (Å²) >= 11 is 1.30. The molecule has 4 bridgehead atoms. The fourth-order valence-electron chi connectivity index (χ4n) is 8.01. The first-order chi connectivity index (χ1) is 21.3. The number of nitrogens with one attached hydrogen (secondary N) is 2. The maximum atomic E-state index is 13.5. The number of hydrogen-bond acceptors (Lipinski definition) is 8. The van der Waals surface area contributed by atoms with E-state index in [2.05, 4.69) is 25.5 Å². The third-order valence-corrected chi connectivity index (χ3v) is 10.4. The molecule has 1 aromatic carbocycles. The predicted molar refractivity (Wildman–Crippen MR) is 168 cm³/mol. The Morgan fingerprint density at radius 3 is 2.34 bits per heavy atom. The van der Waals surface area contributed by atoms with Crippen LogP contribution in [0.2, 0.25) is 0 Å². The minimum absolute atomic E-state index is 0.110. The minimum Gasteiger partial charge on any atom is -0.484 e. The monoisotopic (exact) mass is 614 g/mol. The summed E-state index contributed by atoms with van der Waals surface area (Å²) < 4.78 is 5.99. The number of pyridine rings is 1. The van der Waals surface area contributed by atoms with Crippen LogP contribution in [0.25, 0.3) is 11.4 Å². The first-order valence-electron chi connectivity index (χ1n) is 15.6. The van der Waals surface area contributed by atoms with Gasteiger partial charge in [0.25, 0.3) is 17.7 Å². The predicted octanol–water partition coefficient (Wildman–Crippen LogP) is 4.31. The topological polar surface area (TPSA) is 117 Å². The zero-order valence-corrected chi connectivity index (χ0v) is 25.8. The van der Waals surface area contributed by atoms with Crippen molar-refractivity contribution in [1.29, 1.82) is 0 Å². The van der Waals surface area contributed by atoms with Crippen molar-refractivity contribution >= 4 is 34.2 Å². The van der Waals surface area contributed by atoms with Gasteiger partial charge in [0, 0.05) is 54.4 Å². The summed E-state index contributed by atoms with van der Waals surface area (Å²) in [6, 6.07) is 10.4. The molecule has 1 saturated heterocycles. The summed E-state index contributed by atoms with van der Waals surface area (Å²) in [6.45, 7) is 2.59. The van der Waals surface area contributed by atoms with E-state index in [4.69, 9.17) is 4.74 Å². The van der Waals surface area contributed by atoms with Gasteiger partial charge in [-0.3, -0.25) is 24.7 Å². The van der Waals surface area contributed by atoms with Crippen LogP contribution in [0.1, 0.15) is 59.2 Å². The van der Waals surface area contributed by atoms with Crippen LogP contribution in [-0.2, 0) is 4.79 Å². The lowest BCUT2D eigenvalue weighted by Crippen LogP contribution is -2.60. The van der Waals surface area contributed by atoms with Crippen LogP contribution in [0, 0.1) is 17.8 Å². The molecule has 5 aliphatic rings. The van der Waals surface area contributed by atoms with Gasteiger partial charge in [-0.1, -0.05) is 6.07 Å². The van der Waals surface area contributed by atoms with Crippen molar-refractivity contribution < 1.29 is 19.1 Å². The number of amides is 3. The van der Waals surface area contributed by atoms with Crippen molar-refractivity contribution in [3.63, 3.8) is 0 Å². The highest BCUT2D eigenvalue weighted by Gasteiger charge is 2.51. The van der Waals surface area contributed by atoms with E-state index in [1.54, 1.807) is 29.3 Å². The molecule has 11 heteroatoms. The number of hydrogen-bond donors (Lipinski definition) is 2. The smallest absolute Gasteiger partial charge is 0.258 e. The van der Waals surface area contributed by atoms with E-state index in [-0.39, 0.29) is 29.5 Å². The fourth-order valence-corrected chi connectivity index (χ4v) is 8.71. The Balaban J connectivity index is 1.07. The molecule has 44 heavy (non-hydrogen) atoms. The molecule has 0 spiro atoms. The quantitative estimate of drug-likeness (QED) is 0.389. The third kappa shape index (κ3) is 6.21. The zero-order chi connectivity index (χ0) is 30.3. The van der Waals surface area contributed by atoms with Crippen molar-refractivity contribution in [3.05, 3.63) is 59.1 Å². The Kier molecular flexibility index (Phi) is 7.84. The number of thiazole rings is 1. The minimum atomic E-state index is -0.414. The van der Waals surface area contributed by atoms with Crippen LogP contribution in [0.5, 0.6) is 5.75 Å². The number of anilines is 1. The largest absolute Gasteiger partial charge is 0.484 e. The molecule has 0 unspecified atom stereocenters. The van der Waals surface area contributed by atoms with Crippen molar-refractivity contribution in [3.8, 4) is 17.1 Å². The molecule has 1 aliphatic heterocycles. The van der Waals surface area contributed by atoms with Crippen LogP contribution in [0.3, 0.4) is 0 Å². The van der Waals surface area contributed by atoms with Gasteiger partial charge in [-0.15, -0.1) is 11.3 Å². The molecule has 4 saturated carbocycles. The molecule has 8 rings (SSSR count). The Hall–Kier alpha value is -3.83. The Labute approximate surface area is 261 Å². The maximum Gasteiger partial charge on any atom is 0.258 e. The number of piperazine rings is 1. The van der Waals surface area contributed by atoms with Crippen LogP contribution >= 0.6 is 11.3 Å². The van der Waals surface area contributed by atoms with E-state index >= 15 is 0 Å². The average molecular weight is 615 g/mol. The van der Waals surface area contributed by atoms with Crippen molar-refractivity contribution in [1.82, 2.24) is 25.1 Å². The lowest BCUT2D eigenvalue weighted by molar-refractivity contribution is -0.128. The maximum absolute atomic E-state index is 13.5. The molecule has 3 amide bonds. The van der Waals surface area contributed by atoms with E-state index in [1.807, 2.05) is 30.6 Å². The van der Waals surface area contributed by atoms with Crippen molar-refractivity contribution in [2.24, 2.45) is 17.8 Å². The number of carbonyl (C=O) groups excluding carboxylic acids is 3. The van der Waals surface area contributed by atoms with Gasteiger partial charge in [0.05, 0.1) is 5.69 Å². The van der Waals surface area contributed by atoms with Crippen LogP contribution in [0.4, 0.5) is 5.13 Å². The standard InChI is InChI=1S/C33H38N6O4S/c1-38-6-8-39(9-7-38)31(42)25-13-24(30(41)36-32-35-28(20-44-32)27-4-2-3-5-34-27)14-26(15-25)43-19-29(40)37-33-16-21-10-22(17-33)12-23(11-21)18-33/h2-5,13-15,20-23H,6-12,16-19H2,1H3,(H,37,40)(H,35,36,41). The highest BCUT2D eigenvalue weighted by molar-refractivity contribution is 7.14. The van der Waals surface area contributed by atoms with E-state index in [1.165, 1.54) is 30.6 Å². The molecule has 2 N–H and O–H groups in total. The van der Waals surface area contributed by atoms with E-state index < -0.39 is 5.91 Å². The van der Waals surface area contributed by atoms with E-state index in [0.717, 1.165) is 50.1 Å². The van der Waals surface area contributed by atoms with Crippen molar-refractivity contribution in [2.45, 2.75) is 44.1 Å². The molecule has 4 aliphatic carbocycles. The van der Waals surface area contributed by atoms with Gasteiger partial charge in [-0.05, 0) is 93.7 Å². The van der Waals surface area contributed by atoms with Gasteiger partial charge in [0.1, 0.15) is 11.4 Å². The van der Waals surface area contributed by atoms with Gasteiger partial charge in [0.2, 0.25) is 0 Å². The SMILES string of the molecule is CN1CCN(C(=O)c2cc(OCC(=O)NC34CC5CC(CC(C5)C3)C4)cc(C(=O)Nc3nc(-c4ccccn4)cs3)c2)CC1. The normalized spacial score (nSPS) is 25.9. The van der Waals surface area contributed by atoms with Gasteiger partial charge in [-0.2, -0.15) is 0 Å². The second-order valence-electron chi connectivity index (χ2n) is 13.1. The first-order valence-corrected chi connectivity index (χ1v) is 16.4. The van der Waals surface area contributed by atoms with Crippen LogP contribution < -0.4 is 15.4 Å². The average Bonchev–Trinajstić information content (AvgIpc) is 3.48. The summed E-state index contributed by atoms with van der Waals surface area (Å²) in [4.78, 5) is 52.9. The molecule has 5 fully saturated rings. The number of aromatic nitrogens is 2. The Bertz CT molecular complexity index is 1520. The molecule has 10 nitrogen and oxygen atoms in total. The summed E-state index contributed by atoms with van der Waals surface area (Å²) in [6.07, 6.45) is 8.78. The number of ether oxygens (including phenoxy) is 1. The molecule has 0 radical (unpaired) electrons. The second-order valence-corrected chi connectivity index (χ2v) is 13.9. The molecular weight excluding hydrogens is 576 g/mol. The molecule has 2 aromatic heterocycles.